The first-order chi connectivity index (χ1) is 7.22. The lowest BCUT2D eigenvalue weighted by atomic mass is 10.1. The average molecular weight is 225 g/mol. The van der Waals surface area contributed by atoms with Gasteiger partial charge >= 0.3 is 0 Å². The molecule has 4 heteroatoms. The predicted octanol–water partition coefficient (Wildman–Crippen LogP) is 3.05. The van der Waals surface area contributed by atoms with Gasteiger partial charge in [0.05, 0.1) is 12.4 Å². The normalized spacial score (nSPS) is 10.7. The van der Waals surface area contributed by atoms with E-state index in [1.54, 1.807) is 18.0 Å². The number of nitrogens with zero attached hydrogens (tertiary/aromatic N) is 2. The van der Waals surface area contributed by atoms with Crippen LogP contribution in [0, 0.1) is 5.92 Å². The first-order valence-corrected chi connectivity index (χ1v) is 6.39. The zero-order valence-electron chi connectivity index (χ0n) is 9.66. The first kappa shape index (κ1) is 12.3. The van der Waals surface area contributed by atoms with Crippen LogP contribution >= 0.6 is 11.8 Å². The van der Waals surface area contributed by atoms with E-state index in [2.05, 4.69) is 36.1 Å². The summed E-state index contributed by atoms with van der Waals surface area (Å²) in [6, 6.07) is 0. The molecule has 0 aliphatic heterocycles. The fourth-order valence-corrected chi connectivity index (χ4v) is 1.73. The second-order valence-corrected chi connectivity index (χ2v) is 5.07. The van der Waals surface area contributed by atoms with Crippen molar-refractivity contribution in [2.45, 2.75) is 32.2 Å². The molecule has 0 aliphatic rings. The Kier molecular flexibility index (Phi) is 5.47. The fraction of sp³-hybridized carbons (Fsp3) is 0.636. The molecular weight excluding hydrogens is 206 g/mol. The molecule has 0 aromatic carbocycles. The van der Waals surface area contributed by atoms with Crippen molar-refractivity contribution in [2.75, 3.05) is 17.6 Å². The van der Waals surface area contributed by atoms with Crippen LogP contribution < -0.4 is 5.32 Å². The second kappa shape index (κ2) is 6.67. The van der Waals surface area contributed by atoms with Gasteiger partial charge in [-0.3, -0.25) is 4.98 Å². The molecule has 0 bridgehead atoms. The van der Waals surface area contributed by atoms with Gasteiger partial charge in [-0.2, -0.15) is 0 Å². The fourth-order valence-electron chi connectivity index (χ4n) is 1.14. The summed E-state index contributed by atoms with van der Waals surface area (Å²) in [7, 11) is 0. The largest absolute Gasteiger partial charge is 0.369 e. The van der Waals surface area contributed by atoms with E-state index in [4.69, 9.17) is 0 Å². The summed E-state index contributed by atoms with van der Waals surface area (Å²) in [6.45, 7) is 7.52. The van der Waals surface area contributed by atoms with Crippen molar-refractivity contribution < 1.29 is 0 Å². The molecule has 0 unspecified atom stereocenters. The van der Waals surface area contributed by atoms with E-state index in [9.17, 15) is 0 Å². The Balaban J connectivity index is 2.43. The number of nitrogens with one attached hydrogen (secondary N) is 1. The van der Waals surface area contributed by atoms with Crippen LogP contribution in [0.5, 0.6) is 0 Å². The van der Waals surface area contributed by atoms with Gasteiger partial charge in [0.25, 0.3) is 0 Å². The number of anilines is 1. The molecule has 84 valence electrons. The van der Waals surface area contributed by atoms with E-state index in [0.29, 0.717) is 0 Å². The van der Waals surface area contributed by atoms with Crippen molar-refractivity contribution in [1.82, 2.24) is 9.97 Å². The van der Waals surface area contributed by atoms with Gasteiger partial charge in [0, 0.05) is 6.54 Å². The van der Waals surface area contributed by atoms with Gasteiger partial charge in [-0.05, 0) is 18.1 Å². The van der Waals surface area contributed by atoms with Gasteiger partial charge in [-0.1, -0.05) is 20.8 Å². The van der Waals surface area contributed by atoms with E-state index >= 15 is 0 Å². The smallest absolute Gasteiger partial charge is 0.145 e. The van der Waals surface area contributed by atoms with Crippen molar-refractivity contribution in [3.63, 3.8) is 0 Å². The third-order valence-electron chi connectivity index (χ3n) is 1.93. The number of aromatic nitrogens is 2. The molecule has 1 heterocycles. The van der Waals surface area contributed by atoms with Crippen molar-refractivity contribution >= 4 is 17.6 Å². The maximum absolute atomic E-state index is 4.45. The van der Waals surface area contributed by atoms with E-state index < -0.39 is 0 Å². The molecular formula is C11H19N3S. The molecule has 15 heavy (non-hydrogen) atoms. The molecule has 1 aromatic rings. The summed E-state index contributed by atoms with van der Waals surface area (Å²) < 4.78 is 0. The molecule has 1 rings (SSSR count). The summed E-state index contributed by atoms with van der Waals surface area (Å²) in [5, 5.41) is 4.28. The van der Waals surface area contributed by atoms with Crippen molar-refractivity contribution in [2.24, 2.45) is 5.92 Å². The Labute approximate surface area is 96.1 Å². The highest BCUT2D eigenvalue weighted by Gasteiger charge is 1.98. The molecule has 0 aliphatic carbocycles. The minimum absolute atomic E-state index is 0.721. The Morgan fingerprint density at radius 1 is 1.40 bits per heavy atom. The van der Waals surface area contributed by atoms with Gasteiger partial charge in [0.1, 0.15) is 10.8 Å². The minimum Gasteiger partial charge on any atom is -0.369 e. The van der Waals surface area contributed by atoms with E-state index in [-0.39, 0.29) is 0 Å². The van der Waals surface area contributed by atoms with Gasteiger partial charge in [0.15, 0.2) is 0 Å². The monoisotopic (exact) mass is 225 g/mol. The van der Waals surface area contributed by atoms with Gasteiger partial charge in [0.2, 0.25) is 0 Å². The Morgan fingerprint density at radius 2 is 2.20 bits per heavy atom. The zero-order valence-corrected chi connectivity index (χ0v) is 10.5. The van der Waals surface area contributed by atoms with Crippen LogP contribution in [0.2, 0.25) is 0 Å². The zero-order chi connectivity index (χ0) is 11.1. The van der Waals surface area contributed by atoms with Crippen LogP contribution in [-0.2, 0) is 0 Å². The van der Waals surface area contributed by atoms with Crippen LogP contribution in [0.15, 0.2) is 17.4 Å². The predicted molar refractivity (Wildman–Crippen MR) is 66.4 cm³/mol. The van der Waals surface area contributed by atoms with E-state index in [1.807, 2.05) is 6.20 Å². The third-order valence-corrected chi connectivity index (χ3v) is 2.71. The molecule has 0 saturated heterocycles. The van der Waals surface area contributed by atoms with E-state index in [1.165, 1.54) is 0 Å². The second-order valence-electron chi connectivity index (χ2n) is 3.78. The minimum atomic E-state index is 0.721. The maximum atomic E-state index is 4.45. The summed E-state index contributed by atoms with van der Waals surface area (Å²) >= 11 is 1.72. The van der Waals surface area contributed by atoms with Crippen LogP contribution in [0.3, 0.4) is 0 Å². The van der Waals surface area contributed by atoms with Gasteiger partial charge in [-0.15, -0.1) is 11.8 Å². The van der Waals surface area contributed by atoms with Crippen LogP contribution in [0.25, 0.3) is 0 Å². The molecule has 0 fully saturated rings. The van der Waals surface area contributed by atoms with Crippen molar-refractivity contribution in [1.29, 1.82) is 0 Å². The molecule has 0 amide bonds. The van der Waals surface area contributed by atoms with Gasteiger partial charge < -0.3 is 5.32 Å². The molecule has 0 radical (unpaired) electrons. The quantitative estimate of drug-likeness (QED) is 0.755. The molecule has 3 nitrogen and oxygen atoms in total. The number of hydrogen-bond acceptors (Lipinski definition) is 4. The molecule has 1 aromatic heterocycles. The maximum Gasteiger partial charge on any atom is 0.145 e. The lowest BCUT2D eigenvalue weighted by molar-refractivity contribution is 0.606. The highest BCUT2D eigenvalue weighted by Crippen LogP contribution is 2.15. The molecule has 1 N–H and O–H groups in total. The third kappa shape index (κ3) is 5.02. The summed E-state index contributed by atoms with van der Waals surface area (Å²) in [4.78, 5) is 8.60. The Bertz CT molecular complexity index is 289. The van der Waals surface area contributed by atoms with Crippen LogP contribution in [0.1, 0.15) is 27.2 Å². The number of hydrogen-bond donors (Lipinski definition) is 1. The first-order valence-electron chi connectivity index (χ1n) is 5.41. The van der Waals surface area contributed by atoms with Crippen molar-refractivity contribution in [3.05, 3.63) is 12.4 Å². The summed E-state index contributed by atoms with van der Waals surface area (Å²) in [6.07, 6.45) is 4.74. The SMILES string of the molecule is CCSc1cncc(NCCC(C)C)n1. The Morgan fingerprint density at radius 3 is 2.87 bits per heavy atom. The number of thioether (sulfide) groups is 1. The molecule has 0 saturated carbocycles. The van der Waals surface area contributed by atoms with Crippen LogP contribution in [0.4, 0.5) is 5.82 Å². The summed E-state index contributed by atoms with van der Waals surface area (Å²) in [5.41, 5.74) is 0. The van der Waals surface area contributed by atoms with Crippen molar-refractivity contribution in [3.8, 4) is 0 Å². The molecule has 0 spiro atoms. The topological polar surface area (TPSA) is 37.8 Å². The lowest BCUT2D eigenvalue weighted by Gasteiger charge is -2.07. The number of rotatable bonds is 6. The average Bonchev–Trinajstić information content (AvgIpc) is 2.18. The lowest BCUT2D eigenvalue weighted by Crippen LogP contribution is -2.06. The standard InChI is InChI=1S/C11H19N3S/c1-4-15-11-8-12-7-10(14-11)13-6-5-9(2)3/h7-9H,4-6H2,1-3H3,(H,13,14). The highest BCUT2D eigenvalue weighted by atomic mass is 32.2. The van der Waals surface area contributed by atoms with Crippen LogP contribution in [-0.4, -0.2) is 22.3 Å². The molecule has 0 atom stereocenters. The van der Waals surface area contributed by atoms with E-state index in [0.717, 1.165) is 35.5 Å². The Hall–Kier alpha value is -0.770. The summed E-state index contributed by atoms with van der Waals surface area (Å²) in [5.74, 6) is 2.64. The van der Waals surface area contributed by atoms with Gasteiger partial charge in [-0.25, -0.2) is 4.98 Å². The highest BCUT2D eigenvalue weighted by molar-refractivity contribution is 7.99.